The minimum atomic E-state index is -1.29. The molecule has 0 fully saturated rings. The van der Waals surface area contributed by atoms with E-state index in [1.165, 1.54) is 17.7 Å². The molecule has 0 saturated carbocycles. The molecule has 107 heavy (non-hydrogen) atoms. The van der Waals surface area contributed by atoms with E-state index in [-0.39, 0.29) is 88.5 Å². The zero-order chi connectivity index (χ0) is 80.9. The fourth-order valence-corrected chi connectivity index (χ4v) is 11.0. The predicted molar refractivity (Wildman–Crippen MR) is 375 cm³/mol. The van der Waals surface area contributed by atoms with Gasteiger partial charge in [0.15, 0.2) is 73.8 Å². The lowest BCUT2D eigenvalue weighted by molar-refractivity contribution is -0.705. The number of carbonyl (C=O) groups is 12. The van der Waals surface area contributed by atoms with Crippen LogP contribution in [0.25, 0.3) is 0 Å². The molecule has 0 bridgehead atoms. The number of hydrogen-bond donors (Lipinski definition) is 19. The maximum absolute atomic E-state index is 11.5. The Hall–Kier alpha value is -9.55. The van der Waals surface area contributed by atoms with Gasteiger partial charge in [0, 0.05) is 72.4 Å². The fraction of sp³-hybridized carbons (Fsp3) is 0.603. The molecule has 0 amide bonds. The van der Waals surface area contributed by atoms with Crippen LogP contribution in [0.4, 0.5) is 0 Å². The second-order valence-electron chi connectivity index (χ2n) is 25.6. The van der Waals surface area contributed by atoms with Crippen LogP contribution in [0.3, 0.4) is 0 Å². The van der Waals surface area contributed by atoms with Crippen molar-refractivity contribution in [1.82, 2.24) is 0 Å². The van der Waals surface area contributed by atoms with Crippen molar-refractivity contribution in [2.75, 3.05) is 0 Å². The first-order chi connectivity index (χ1) is 50.5. The molecule has 0 aliphatic rings. The van der Waals surface area contributed by atoms with Crippen LogP contribution >= 0.6 is 0 Å². The van der Waals surface area contributed by atoms with Crippen LogP contribution in [0.2, 0.25) is 0 Å². The number of rotatable bonds is 56. The first-order valence-corrected chi connectivity index (χ1v) is 34.7. The quantitative estimate of drug-likeness (QED) is 0.00645. The first-order valence-electron chi connectivity index (χ1n) is 34.7. The van der Waals surface area contributed by atoms with Gasteiger partial charge in [0.25, 0.3) is 25.9 Å². The van der Waals surface area contributed by atoms with Crippen LogP contribution in [-0.2, 0) is 152 Å². The topological polar surface area (TPSA) is 711 Å². The zero-order valence-corrected chi connectivity index (χ0v) is 60.2. The largest absolute Gasteiger partial charge is 0.503 e. The molecule has 0 radical (unpaired) electrons. The predicted octanol–water partition coefficient (Wildman–Crippen LogP) is -3.75. The van der Waals surface area contributed by atoms with Crippen LogP contribution in [0, 0.1) is 0 Å². The van der Waals surface area contributed by atoms with Gasteiger partial charge in [-0.3, -0.25) is 80.5 Å². The highest BCUT2D eigenvalue weighted by atomic mass is 16.6. The number of aryl methyl sites for hydroxylation is 7. The number of hydrogen-bond acceptors (Lipinski definition) is 29. The molecule has 0 aliphatic carbocycles. The number of nitrogens with zero attached hydrogens (tertiary/aromatic N) is 3. The molecular weight excluding hydrogens is 1410 g/mol. The summed E-state index contributed by atoms with van der Waals surface area (Å²) in [6.07, 6.45) is 14.4. The van der Waals surface area contributed by atoms with E-state index in [4.69, 9.17) is 97.7 Å². The number of esters is 1. The lowest BCUT2D eigenvalue weighted by Crippen LogP contribution is -2.43. The van der Waals surface area contributed by atoms with Crippen LogP contribution in [-0.4, -0.2) is 188 Å². The summed E-state index contributed by atoms with van der Waals surface area (Å²) in [7, 11) is 0. The molecule has 12 atom stereocenters. The number of nitrogens with two attached hydrogens (primary N) is 11. The minimum absolute atomic E-state index is 0.0271. The van der Waals surface area contributed by atoms with Crippen molar-refractivity contribution in [3.63, 3.8) is 0 Å². The summed E-state index contributed by atoms with van der Waals surface area (Å²) in [6, 6.07) is -5.65. The van der Waals surface area contributed by atoms with Gasteiger partial charge < -0.3 is 105 Å². The molecular formula is C68H111N14O25+3. The van der Waals surface area contributed by atoms with Crippen molar-refractivity contribution in [2.24, 2.45) is 63.1 Å². The Morgan fingerprint density at radius 1 is 0.383 bits per heavy atom. The van der Waals surface area contributed by atoms with Gasteiger partial charge in [0.1, 0.15) is 55.4 Å². The van der Waals surface area contributed by atoms with Crippen molar-refractivity contribution in [1.29, 1.82) is 0 Å². The van der Waals surface area contributed by atoms with Gasteiger partial charge in [0.2, 0.25) is 6.20 Å². The third-order valence-electron chi connectivity index (χ3n) is 17.0. The molecule has 600 valence electrons. The lowest BCUT2D eigenvalue weighted by Gasteiger charge is -2.18. The van der Waals surface area contributed by atoms with Gasteiger partial charge in [-0.1, -0.05) is 0 Å². The molecule has 3 rings (SSSR count). The molecule has 3 aromatic rings. The number of ether oxygens (including phenoxy) is 5. The van der Waals surface area contributed by atoms with E-state index < -0.39 is 121 Å². The van der Waals surface area contributed by atoms with Crippen molar-refractivity contribution < 1.29 is 136 Å². The summed E-state index contributed by atoms with van der Waals surface area (Å²) in [6.45, 7) is 3.65. The molecule has 0 aromatic carbocycles. The van der Waals surface area contributed by atoms with Crippen LogP contribution in [0.15, 0.2) is 37.1 Å². The van der Waals surface area contributed by atoms with Gasteiger partial charge in [-0.15, -0.1) is 0 Å². The SMILES string of the molecule is CC(=O)OC(CCC(N)OC=O)C[n+]1cc(O)c(CC(N)C(=O)O)c(CCC(N)C(=O)O)c1.NC(CCCC[n+]1cc(CCC(N)C(=O)O)c(CCCC(N)C(=O)O)c(CCC(N)C(=O)O)c1)OC=O.NC(CCCC[n+]1cc(CCC(N)C(=O)O)cc(CCC(N)C(=O)O)c1CCCC(N)OC=O)OC=O. The van der Waals surface area contributed by atoms with Crippen molar-refractivity contribution in [3.8, 4) is 5.75 Å². The number of carboxylic acid groups (broad SMARTS) is 7. The minimum Gasteiger partial charge on any atom is -0.503 e. The van der Waals surface area contributed by atoms with E-state index in [1.54, 1.807) is 6.20 Å². The number of carboxylic acids is 7. The second-order valence-corrected chi connectivity index (χ2v) is 25.6. The Bertz CT molecular complexity index is 3280. The third-order valence-corrected chi connectivity index (χ3v) is 17.0. The summed E-state index contributed by atoms with van der Waals surface area (Å²) in [5, 5.41) is 74.6. The number of aromatic hydroxyl groups is 1. The number of aliphatic carboxylic acids is 7. The standard InChI is InChI=1S/2C24H39N5O8.C20H30N4O9/c25-18(22(31)32)5-3-4-17-15(7-9-19(26)23(33)34)12-29(11-2-1-6-21(28)37-14-30)13-16(17)8-10-20(27)24(35)36;25-18(23(32)33)9-7-16-12-17(8-10-19(26)24(34)35)20(4-3-6-22(28)37-15-31)29(13-16)11-2-1-5-21(27)36-14-30;1-11(26)33-13(3-5-18(23)32-10-25)8-24-7-12(2-4-15(21)19(28)29)14(17(27)9-24)6-16(22)20(30)31/h12-14,18-21H,1-11,25-28H2,(H2-,31,32,33,34,35,36);12-15,18-19,21-22H,1-11,25-28H2,(H-,32,33,34,35);7,9-10,13,15-16,18H,2-6,8,21-23H2,1H3,(H2-,27,28,29,30,31)/p+3. The Morgan fingerprint density at radius 2 is 0.748 bits per heavy atom. The normalized spacial score (nSPS) is 14.4. The maximum atomic E-state index is 11.5. The molecule has 0 aliphatic heterocycles. The van der Waals surface area contributed by atoms with Crippen molar-refractivity contribution in [3.05, 3.63) is 81.7 Å². The first kappa shape index (κ1) is 95.5. The third kappa shape index (κ3) is 40.1. The molecule has 39 heteroatoms. The highest BCUT2D eigenvalue weighted by molar-refractivity contribution is 5.75. The molecule has 30 N–H and O–H groups in total. The van der Waals surface area contributed by atoms with Gasteiger partial charge in [0.05, 0.1) is 0 Å². The maximum Gasteiger partial charge on any atom is 0.320 e. The number of unbranched alkanes of at least 4 members (excludes halogenated alkanes) is 2. The zero-order valence-electron chi connectivity index (χ0n) is 60.2. The van der Waals surface area contributed by atoms with Gasteiger partial charge >= 0.3 is 47.8 Å². The van der Waals surface area contributed by atoms with Gasteiger partial charge in [-0.05, 0) is 140 Å². The smallest absolute Gasteiger partial charge is 0.320 e. The van der Waals surface area contributed by atoms with E-state index in [1.807, 2.05) is 29.2 Å². The van der Waals surface area contributed by atoms with Crippen LogP contribution in [0.1, 0.15) is 161 Å². The summed E-state index contributed by atoms with van der Waals surface area (Å²) < 4.78 is 29.6. The van der Waals surface area contributed by atoms with E-state index in [0.717, 1.165) is 39.9 Å². The average molecular weight is 1520 g/mol. The lowest BCUT2D eigenvalue weighted by atomic mass is 9.91. The van der Waals surface area contributed by atoms with Gasteiger partial charge in [-0.2, -0.15) is 4.57 Å². The molecule has 12 unspecified atom stereocenters. The fourth-order valence-electron chi connectivity index (χ4n) is 11.0. The molecule has 0 spiro atoms. The van der Waals surface area contributed by atoms with E-state index in [0.29, 0.717) is 128 Å². The van der Waals surface area contributed by atoms with Crippen LogP contribution < -0.4 is 76.8 Å². The average Bonchev–Trinajstić information content (AvgIpc) is 0.848. The Balaban J connectivity index is 0.000000804. The van der Waals surface area contributed by atoms with Crippen molar-refractivity contribution in [2.45, 2.75) is 260 Å². The molecule has 3 aromatic heterocycles. The summed E-state index contributed by atoms with van der Waals surface area (Å²) >= 11 is 0. The second kappa shape index (κ2) is 52.4. The number of pyridine rings is 3. The van der Waals surface area contributed by atoms with Gasteiger partial charge in [-0.25, -0.2) is 9.13 Å². The van der Waals surface area contributed by atoms with E-state index >= 15 is 0 Å². The monoisotopic (exact) mass is 1520 g/mol. The Morgan fingerprint density at radius 3 is 1.17 bits per heavy atom. The van der Waals surface area contributed by atoms with Crippen molar-refractivity contribution >= 4 is 73.6 Å². The number of carbonyl (C=O) groups excluding carboxylic acids is 5. The summed E-state index contributed by atoms with van der Waals surface area (Å²) in [5.41, 5.74) is 68.5. The number of aromatic nitrogens is 3. The molecule has 3 heterocycles. The summed E-state index contributed by atoms with van der Waals surface area (Å²) in [5.74, 6) is -8.76. The Labute approximate surface area is 618 Å². The molecule has 39 nitrogen and oxygen atoms in total. The van der Waals surface area contributed by atoms with E-state index in [9.17, 15) is 78.0 Å². The summed E-state index contributed by atoms with van der Waals surface area (Å²) in [4.78, 5) is 132. The van der Waals surface area contributed by atoms with E-state index in [2.05, 4.69) is 14.0 Å². The molecule has 0 saturated heterocycles. The highest BCUT2D eigenvalue weighted by Gasteiger charge is 2.29. The highest BCUT2D eigenvalue weighted by Crippen LogP contribution is 2.25. The Kier molecular flexibility index (Phi) is 46.8. The van der Waals surface area contributed by atoms with Crippen LogP contribution in [0.5, 0.6) is 5.75 Å².